The highest BCUT2D eigenvalue weighted by Crippen LogP contribution is 2.56. The molecule has 6 nitrogen and oxygen atoms in total. The van der Waals surface area contributed by atoms with E-state index >= 15 is 0 Å². The summed E-state index contributed by atoms with van der Waals surface area (Å²) in [5.41, 5.74) is 6.59. The Morgan fingerprint density at radius 2 is 0.733 bits per heavy atom. The van der Waals surface area contributed by atoms with Gasteiger partial charge in [0.25, 0.3) is 0 Å². The van der Waals surface area contributed by atoms with Crippen LogP contribution in [0.15, 0.2) is 146 Å². The molecule has 0 fully saturated rings. The Labute approximate surface area is 259 Å². The second-order valence-corrected chi connectivity index (χ2v) is 10.8. The van der Waals surface area contributed by atoms with E-state index in [9.17, 15) is 19.8 Å². The zero-order valence-corrected chi connectivity index (χ0v) is 23.9. The second-order valence-electron chi connectivity index (χ2n) is 10.8. The van der Waals surface area contributed by atoms with Gasteiger partial charge in [0.1, 0.15) is 23.0 Å². The fraction of sp³-hybridized carbons (Fsp3) is 0.0256. The first-order valence-electron chi connectivity index (χ1n) is 14.4. The predicted molar refractivity (Wildman–Crippen MR) is 171 cm³/mol. The molecule has 6 heteroatoms. The number of carboxylic acid groups (broad SMARTS) is 2. The summed E-state index contributed by atoms with van der Waals surface area (Å²) < 4.78 is 12.1. The maximum Gasteiger partial charge on any atom is 0.335 e. The zero-order chi connectivity index (χ0) is 31.0. The van der Waals surface area contributed by atoms with Crippen LogP contribution in [0.25, 0.3) is 11.1 Å². The summed E-state index contributed by atoms with van der Waals surface area (Å²) in [5, 5.41) is 18.4. The number of aromatic carboxylic acids is 2. The van der Waals surface area contributed by atoms with Gasteiger partial charge >= 0.3 is 11.9 Å². The zero-order valence-electron chi connectivity index (χ0n) is 23.9. The number of benzene rings is 6. The molecule has 2 N–H and O–H groups in total. The molecule has 1 aliphatic rings. The van der Waals surface area contributed by atoms with Crippen LogP contribution in [0, 0.1) is 0 Å². The Hall–Kier alpha value is -6.14. The smallest absolute Gasteiger partial charge is 0.335 e. The largest absolute Gasteiger partial charge is 0.478 e. The van der Waals surface area contributed by atoms with Gasteiger partial charge in [-0.15, -0.1) is 0 Å². The van der Waals surface area contributed by atoms with E-state index in [4.69, 9.17) is 9.47 Å². The lowest BCUT2D eigenvalue weighted by Gasteiger charge is -2.34. The number of carbonyl (C=O) groups is 2. The quantitative estimate of drug-likeness (QED) is 0.183. The van der Waals surface area contributed by atoms with Crippen molar-refractivity contribution < 1.29 is 29.3 Å². The number of carboxylic acids is 2. The third-order valence-electron chi connectivity index (χ3n) is 8.20. The van der Waals surface area contributed by atoms with Crippen molar-refractivity contribution in [1.82, 2.24) is 0 Å². The third-order valence-corrected chi connectivity index (χ3v) is 8.20. The Balaban J connectivity index is 1.28. The minimum absolute atomic E-state index is 0.200. The topological polar surface area (TPSA) is 93.1 Å². The number of rotatable bonds is 8. The summed E-state index contributed by atoms with van der Waals surface area (Å²) in [4.78, 5) is 22.4. The SMILES string of the molecule is O=C(O)c1ccc(Oc2ccc(C3(c4ccc(Oc5ccc(C(=O)O)cc5)cc4)c4ccccc4-c4ccccc43)cc2)cc1. The molecule has 218 valence electrons. The minimum Gasteiger partial charge on any atom is -0.478 e. The van der Waals surface area contributed by atoms with Gasteiger partial charge in [0.2, 0.25) is 0 Å². The fourth-order valence-electron chi connectivity index (χ4n) is 6.17. The second kappa shape index (κ2) is 11.2. The summed E-state index contributed by atoms with van der Waals surface area (Å²) in [6.45, 7) is 0. The Morgan fingerprint density at radius 3 is 1.07 bits per heavy atom. The van der Waals surface area contributed by atoms with Gasteiger partial charge in [-0.05, 0) is 106 Å². The molecular formula is C39H26O6. The van der Waals surface area contributed by atoms with Gasteiger partial charge in [0, 0.05) is 0 Å². The van der Waals surface area contributed by atoms with Crippen molar-refractivity contribution in [2.45, 2.75) is 5.41 Å². The molecule has 45 heavy (non-hydrogen) atoms. The maximum absolute atomic E-state index is 11.2. The van der Waals surface area contributed by atoms with E-state index in [1.807, 2.05) is 24.3 Å². The van der Waals surface area contributed by atoms with Crippen LogP contribution < -0.4 is 9.47 Å². The van der Waals surface area contributed by atoms with Crippen LogP contribution in [0.1, 0.15) is 43.0 Å². The number of hydrogen-bond acceptors (Lipinski definition) is 4. The molecule has 0 unspecified atom stereocenters. The molecule has 0 radical (unpaired) electrons. The fourth-order valence-corrected chi connectivity index (χ4v) is 6.17. The Kier molecular flexibility index (Phi) is 6.87. The van der Waals surface area contributed by atoms with Crippen molar-refractivity contribution in [3.63, 3.8) is 0 Å². The molecule has 0 atom stereocenters. The van der Waals surface area contributed by atoms with E-state index in [-0.39, 0.29) is 11.1 Å². The lowest BCUT2D eigenvalue weighted by molar-refractivity contribution is 0.0686. The lowest BCUT2D eigenvalue weighted by atomic mass is 9.68. The normalized spacial score (nSPS) is 12.5. The van der Waals surface area contributed by atoms with E-state index in [2.05, 4.69) is 72.8 Å². The highest BCUT2D eigenvalue weighted by molar-refractivity contribution is 5.88. The molecule has 6 aromatic carbocycles. The average Bonchev–Trinajstić information content (AvgIpc) is 3.37. The third kappa shape index (κ3) is 4.88. The molecule has 0 aromatic heterocycles. The van der Waals surface area contributed by atoms with Crippen molar-refractivity contribution >= 4 is 11.9 Å². The molecule has 7 rings (SSSR count). The van der Waals surface area contributed by atoms with E-state index < -0.39 is 17.4 Å². The highest BCUT2D eigenvalue weighted by atomic mass is 16.5. The van der Waals surface area contributed by atoms with Crippen molar-refractivity contribution in [3.05, 3.63) is 179 Å². The van der Waals surface area contributed by atoms with Crippen LogP contribution >= 0.6 is 0 Å². The first-order chi connectivity index (χ1) is 21.9. The monoisotopic (exact) mass is 590 g/mol. The molecule has 0 aliphatic heterocycles. The maximum atomic E-state index is 11.2. The van der Waals surface area contributed by atoms with Gasteiger partial charge in [-0.1, -0.05) is 72.8 Å². The van der Waals surface area contributed by atoms with Crippen molar-refractivity contribution in [2.75, 3.05) is 0 Å². The van der Waals surface area contributed by atoms with Gasteiger partial charge in [-0.3, -0.25) is 0 Å². The summed E-state index contributed by atoms with van der Waals surface area (Å²) in [6.07, 6.45) is 0. The summed E-state index contributed by atoms with van der Waals surface area (Å²) in [5.74, 6) is 0.396. The molecule has 0 heterocycles. The van der Waals surface area contributed by atoms with Gasteiger partial charge in [-0.2, -0.15) is 0 Å². The summed E-state index contributed by atoms with van der Waals surface area (Å²) in [7, 11) is 0. The van der Waals surface area contributed by atoms with Gasteiger partial charge < -0.3 is 19.7 Å². The van der Waals surface area contributed by atoms with Crippen LogP contribution in [0.5, 0.6) is 23.0 Å². The predicted octanol–water partition coefficient (Wildman–Crippen LogP) is 9.03. The van der Waals surface area contributed by atoms with Crippen LogP contribution in [0.3, 0.4) is 0 Å². The van der Waals surface area contributed by atoms with E-state index in [1.54, 1.807) is 24.3 Å². The first kappa shape index (κ1) is 27.7. The number of ether oxygens (including phenoxy) is 2. The lowest BCUT2D eigenvalue weighted by Crippen LogP contribution is -2.28. The van der Waals surface area contributed by atoms with Crippen molar-refractivity contribution in [1.29, 1.82) is 0 Å². The van der Waals surface area contributed by atoms with Crippen molar-refractivity contribution in [3.8, 4) is 34.1 Å². The number of hydrogen-bond donors (Lipinski definition) is 2. The Morgan fingerprint density at radius 1 is 0.422 bits per heavy atom. The Bertz CT molecular complexity index is 1880. The molecule has 6 aromatic rings. The highest BCUT2D eigenvalue weighted by Gasteiger charge is 2.45. The standard InChI is InChI=1S/C39H26O6/c40-37(41)25-9-17-29(18-10-25)44-31-21-13-27(14-22-31)39(35-7-3-1-5-33(35)34-6-2-4-8-36(34)39)28-15-23-32(24-16-28)45-30-19-11-26(12-20-30)38(42)43/h1-24H,(H,40,41)(H,42,43). The molecule has 0 spiro atoms. The van der Waals surface area contributed by atoms with E-state index in [1.165, 1.54) is 46.5 Å². The van der Waals surface area contributed by atoms with Crippen LogP contribution in [0.4, 0.5) is 0 Å². The summed E-state index contributed by atoms with van der Waals surface area (Å²) >= 11 is 0. The van der Waals surface area contributed by atoms with Gasteiger partial charge in [0.15, 0.2) is 0 Å². The van der Waals surface area contributed by atoms with Crippen LogP contribution in [0.2, 0.25) is 0 Å². The van der Waals surface area contributed by atoms with E-state index in [0.29, 0.717) is 23.0 Å². The van der Waals surface area contributed by atoms with Gasteiger partial charge in [-0.25, -0.2) is 9.59 Å². The summed E-state index contributed by atoms with van der Waals surface area (Å²) in [6, 6.07) is 45.6. The molecule has 0 amide bonds. The van der Waals surface area contributed by atoms with Crippen molar-refractivity contribution in [2.24, 2.45) is 0 Å². The minimum atomic E-state index is -0.984. The molecule has 0 saturated heterocycles. The molecule has 1 aliphatic carbocycles. The molecule has 0 saturated carbocycles. The van der Waals surface area contributed by atoms with Crippen LogP contribution in [-0.2, 0) is 5.41 Å². The van der Waals surface area contributed by atoms with E-state index in [0.717, 1.165) is 11.1 Å². The molecular weight excluding hydrogens is 564 g/mol. The molecule has 0 bridgehead atoms. The van der Waals surface area contributed by atoms with Crippen LogP contribution in [-0.4, -0.2) is 22.2 Å². The number of fused-ring (bicyclic) bond motifs is 3. The first-order valence-corrected chi connectivity index (χ1v) is 14.4. The van der Waals surface area contributed by atoms with Gasteiger partial charge in [0.05, 0.1) is 16.5 Å². The average molecular weight is 591 g/mol.